The summed E-state index contributed by atoms with van der Waals surface area (Å²) in [5.41, 5.74) is 1.32. The Labute approximate surface area is 121 Å². The van der Waals surface area contributed by atoms with Gasteiger partial charge in [0.1, 0.15) is 0 Å². The molecule has 0 bridgehead atoms. The van der Waals surface area contributed by atoms with E-state index in [1.807, 2.05) is 18.2 Å². The molecule has 19 heavy (non-hydrogen) atoms. The molecule has 2 unspecified atom stereocenters. The molecule has 2 rings (SSSR count). The van der Waals surface area contributed by atoms with E-state index >= 15 is 0 Å². The van der Waals surface area contributed by atoms with E-state index in [9.17, 15) is 0 Å². The van der Waals surface area contributed by atoms with Gasteiger partial charge in [-0.2, -0.15) is 0 Å². The maximum absolute atomic E-state index is 6.51. The summed E-state index contributed by atoms with van der Waals surface area (Å²) in [5, 5.41) is 0.00887. The molecule has 0 aliphatic carbocycles. The van der Waals surface area contributed by atoms with Gasteiger partial charge in [0.15, 0.2) is 11.5 Å². The van der Waals surface area contributed by atoms with Crippen molar-refractivity contribution < 1.29 is 9.47 Å². The van der Waals surface area contributed by atoms with Gasteiger partial charge in [0.05, 0.1) is 18.6 Å². The first-order valence-electron chi connectivity index (χ1n) is 6.89. The van der Waals surface area contributed by atoms with Gasteiger partial charge >= 0.3 is 0 Å². The van der Waals surface area contributed by atoms with Gasteiger partial charge < -0.3 is 9.47 Å². The lowest BCUT2D eigenvalue weighted by Crippen LogP contribution is -2.12. The van der Waals surface area contributed by atoms with Crippen molar-refractivity contribution in [2.45, 2.75) is 39.5 Å². The highest BCUT2D eigenvalue weighted by atomic mass is 35.5. The van der Waals surface area contributed by atoms with Crippen LogP contribution in [-0.2, 0) is 0 Å². The van der Waals surface area contributed by atoms with Crippen LogP contribution in [0.3, 0.4) is 0 Å². The van der Waals surface area contributed by atoms with Crippen LogP contribution < -0.4 is 9.47 Å². The number of hydrogen-bond acceptors (Lipinski definition) is 2. The van der Waals surface area contributed by atoms with E-state index in [4.69, 9.17) is 21.1 Å². The van der Waals surface area contributed by atoms with E-state index in [2.05, 4.69) is 27.7 Å². The summed E-state index contributed by atoms with van der Waals surface area (Å²) in [5.74, 6) is 2.06. The minimum absolute atomic E-state index is 0.00887. The first-order valence-corrected chi connectivity index (χ1v) is 7.32. The second-order valence-electron chi connectivity index (χ2n) is 6.67. The first kappa shape index (κ1) is 14.5. The van der Waals surface area contributed by atoms with Crippen LogP contribution in [0.25, 0.3) is 0 Å². The normalized spacial score (nSPS) is 20.8. The summed E-state index contributed by atoms with van der Waals surface area (Å²) in [6.07, 6.45) is 0.935. The quantitative estimate of drug-likeness (QED) is 0.725. The van der Waals surface area contributed by atoms with Crippen molar-refractivity contribution in [1.82, 2.24) is 0 Å². The van der Waals surface area contributed by atoms with Gasteiger partial charge in [-0.1, -0.05) is 33.8 Å². The highest BCUT2D eigenvalue weighted by Crippen LogP contribution is 2.38. The average molecular weight is 283 g/mol. The van der Waals surface area contributed by atoms with Crippen LogP contribution in [0.4, 0.5) is 0 Å². The van der Waals surface area contributed by atoms with Crippen LogP contribution in [-0.4, -0.2) is 13.2 Å². The Morgan fingerprint density at radius 3 is 2.47 bits per heavy atom. The Morgan fingerprint density at radius 2 is 1.84 bits per heavy atom. The molecule has 0 saturated heterocycles. The SMILES string of the molecule is CC1COc2ccc(C(Cl)CC(C)(C)C)cc2OC1. The molecule has 0 N–H and O–H groups in total. The van der Waals surface area contributed by atoms with Crippen LogP contribution in [0.15, 0.2) is 18.2 Å². The molecule has 0 fully saturated rings. The van der Waals surface area contributed by atoms with Crippen molar-refractivity contribution in [2.24, 2.45) is 11.3 Å². The predicted octanol–water partition coefficient (Wildman–Crippen LogP) is 4.81. The molecule has 1 heterocycles. The topological polar surface area (TPSA) is 18.5 Å². The van der Waals surface area contributed by atoms with Crippen molar-refractivity contribution in [3.05, 3.63) is 23.8 Å². The predicted molar refractivity (Wildman–Crippen MR) is 79.3 cm³/mol. The summed E-state index contributed by atoms with van der Waals surface area (Å²) < 4.78 is 11.5. The van der Waals surface area contributed by atoms with E-state index < -0.39 is 0 Å². The molecule has 1 aliphatic rings. The molecule has 2 atom stereocenters. The third-order valence-electron chi connectivity index (χ3n) is 3.17. The third-order valence-corrected chi connectivity index (χ3v) is 3.57. The number of fused-ring (bicyclic) bond motifs is 1. The average Bonchev–Trinajstić information content (AvgIpc) is 2.49. The number of rotatable bonds is 2. The summed E-state index contributed by atoms with van der Waals surface area (Å²) in [7, 11) is 0. The minimum Gasteiger partial charge on any atom is -0.489 e. The lowest BCUT2D eigenvalue weighted by Gasteiger charge is -2.22. The second kappa shape index (κ2) is 5.62. The Morgan fingerprint density at radius 1 is 1.21 bits per heavy atom. The zero-order valence-electron chi connectivity index (χ0n) is 12.2. The summed E-state index contributed by atoms with van der Waals surface area (Å²) in [6.45, 7) is 10.1. The Balaban J connectivity index is 2.17. The summed E-state index contributed by atoms with van der Waals surface area (Å²) >= 11 is 6.51. The minimum atomic E-state index is 0.00887. The van der Waals surface area contributed by atoms with E-state index in [1.165, 1.54) is 0 Å². The Kier molecular flexibility index (Phi) is 4.29. The van der Waals surface area contributed by atoms with Gasteiger partial charge in [0.25, 0.3) is 0 Å². The summed E-state index contributed by atoms with van der Waals surface area (Å²) in [4.78, 5) is 0. The largest absolute Gasteiger partial charge is 0.489 e. The van der Waals surface area contributed by atoms with Gasteiger partial charge in [-0.25, -0.2) is 0 Å². The molecule has 2 nitrogen and oxygen atoms in total. The molecular weight excluding hydrogens is 260 g/mol. The number of ether oxygens (including phenoxy) is 2. The van der Waals surface area contributed by atoms with Crippen LogP contribution in [0, 0.1) is 11.3 Å². The fourth-order valence-electron chi connectivity index (χ4n) is 2.12. The first-order chi connectivity index (χ1) is 8.85. The van der Waals surface area contributed by atoms with Gasteiger partial charge in [0.2, 0.25) is 0 Å². The zero-order chi connectivity index (χ0) is 14.0. The molecule has 0 radical (unpaired) electrons. The van der Waals surface area contributed by atoms with Gasteiger partial charge in [0, 0.05) is 5.92 Å². The summed E-state index contributed by atoms with van der Waals surface area (Å²) in [6, 6.07) is 6.04. The molecular formula is C16H23ClO2. The smallest absolute Gasteiger partial charge is 0.161 e. The molecule has 0 saturated carbocycles. The molecule has 1 aromatic rings. The highest BCUT2D eigenvalue weighted by Gasteiger charge is 2.21. The number of halogens is 1. The highest BCUT2D eigenvalue weighted by molar-refractivity contribution is 6.20. The third kappa shape index (κ3) is 4.04. The van der Waals surface area contributed by atoms with Crippen molar-refractivity contribution in [3.63, 3.8) is 0 Å². The zero-order valence-corrected chi connectivity index (χ0v) is 13.0. The number of benzene rings is 1. The van der Waals surface area contributed by atoms with Gasteiger partial charge in [-0.3, -0.25) is 0 Å². The lowest BCUT2D eigenvalue weighted by molar-refractivity contribution is 0.228. The lowest BCUT2D eigenvalue weighted by atomic mass is 9.88. The van der Waals surface area contributed by atoms with E-state index in [1.54, 1.807) is 0 Å². The number of hydrogen-bond donors (Lipinski definition) is 0. The van der Waals surface area contributed by atoms with Gasteiger partial charge in [-0.15, -0.1) is 11.6 Å². The van der Waals surface area contributed by atoms with Crippen molar-refractivity contribution in [1.29, 1.82) is 0 Å². The van der Waals surface area contributed by atoms with Crippen molar-refractivity contribution in [2.75, 3.05) is 13.2 Å². The molecule has 106 valence electrons. The Hall–Kier alpha value is -0.890. The molecule has 0 aromatic heterocycles. The number of alkyl halides is 1. The van der Waals surface area contributed by atoms with Gasteiger partial charge in [-0.05, 0) is 29.5 Å². The molecule has 1 aliphatic heterocycles. The van der Waals surface area contributed by atoms with Crippen LogP contribution in [0.5, 0.6) is 11.5 Å². The second-order valence-corrected chi connectivity index (χ2v) is 7.19. The van der Waals surface area contributed by atoms with Crippen LogP contribution >= 0.6 is 11.6 Å². The monoisotopic (exact) mass is 282 g/mol. The van der Waals surface area contributed by atoms with E-state index in [0.29, 0.717) is 19.1 Å². The van der Waals surface area contributed by atoms with E-state index in [0.717, 1.165) is 23.5 Å². The fraction of sp³-hybridized carbons (Fsp3) is 0.625. The van der Waals surface area contributed by atoms with E-state index in [-0.39, 0.29) is 10.8 Å². The molecule has 0 spiro atoms. The maximum atomic E-state index is 6.51. The Bertz CT molecular complexity index is 437. The van der Waals surface area contributed by atoms with Crippen LogP contribution in [0.1, 0.15) is 45.1 Å². The maximum Gasteiger partial charge on any atom is 0.161 e. The standard InChI is InChI=1S/C16H23ClO2/c1-11-9-18-14-6-5-12(7-15(14)19-10-11)13(17)8-16(2,3)4/h5-7,11,13H,8-10H2,1-4H3. The van der Waals surface area contributed by atoms with Crippen LogP contribution in [0.2, 0.25) is 0 Å². The fourth-order valence-corrected chi connectivity index (χ4v) is 2.72. The van der Waals surface area contributed by atoms with Crippen molar-refractivity contribution >= 4 is 11.6 Å². The molecule has 3 heteroatoms. The van der Waals surface area contributed by atoms with Crippen molar-refractivity contribution in [3.8, 4) is 11.5 Å². The molecule has 0 amide bonds. The molecule has 1 aromatic carbocycles.